The molecule has 0 fully saturated rings. The van der Waals surface area contributed by atoms with Gasteiger partial charge in [-0.2, -0.15) is 0 Å². The van der Waals surface area contributed by atoms with Crippen LogP contribution in [0.25, 0.3) is 0 Å². The number of methoxy groups -OCH3 is 2. The summed E-state index contributed by atoms with van der Waals surface area (Å²) in [5, 5.41) is 0. The van der Waals surface area contributed by atoms with Gasteiger partial charge in [0, 0.05) is 12.1 Å². The maximum absolute atomic E-state index is 6.05. The first-order valence-electron chi connectivity index (χ1n) is 6.05. The Morgan fingerprint density at radius 1 is 1.18 bits per heavy atom. The lowest BCUT2D eigenvalue weighted by molar-refractivity contribution is 0.388. The van der Waals surface area contributed by atoms with Crippen LogP contribution < -0.4 is 15.2 Å². The third kappa shape index (κ3) is 3.93. The molecule has 1 aromatic rings. The molecule has 0 amide bonds. The van der Waals surface area contributed by atoms with Crippen molar-refractivity contribution in [2.75, 3.05) is 14.2 Å². The summed E-state index contributed by atoms with van der Waals surface area (Å²) in [5.74, 6) is 2.21. The fourth-order valence-corrected chi connectivity index (χ4v) is 1.71. The smallest absolute Gasteiger partial charge is 0.125 e. The Kier molecular flexibility index (Phi) is 5.29. The number of hydrogen-bond acceptors (Lipinski definition) is 3. The van der Waals surface area contributed by atoms with E-state index in [9.17, 15) is 0 Å². The standard InChI is InChI=1S/C14H23NO2/c1-10(2)13(15)8-6-11-5-7-12(16-3)9-14(11)17-4/h5,7,9-10,13H,6,8,15H2,1-4H3. The first kappa shape index (κ1) is 13.8. The zero-order valence-corrected chi connectivity index (χ0v) is 11.2. The molecule has 3 heteroatoms. The van der Waals surface area contributed by atoms with E-state index in [4.69, 9.17) is 15.2 Å². The predicted octanol–water partition coefficient (Wildman–Crippen LogP) is 2.62. The molecule has 96 valence electrons. The summed E-state index contributed by atoms with van der Waals surface area (Å²) in [5.41, 5.74) is 7.23. The molecule has 0 aliphatic carbocycles. The molecule has 0 heterocycles. The quantitative estimate of drug-likeness (QED) is 0.827. The van der Waals surface area contributed by atoms with Crippen molar-refractivity contribution >= 4 is 0 Å². The van der Waals surface area contributed by atoms with Crippen molar-refractivity contribution in [3.63, 3.8) is 0 Å². The lowest BCUT2D eigenvalue weighted by Gasteiger charge is -2.16. The average molecular weight is 237 g/mol. The van der Waals surface area contributed by atoms with Gasteiger partial charge in [-0.15, -0.1) is 0 Å². The van der Waals surface area contributed by atoms with Crippen molar-refractivity contribution in [2.24, 2.45) is 11.7 Å². The largest absolute Gasteiger partial charge is 0.497 e. The zero-order chi connectivity index (χ0) is 12.8. The van der Waals surface area contributed by atoms with Gasteiger partial charge < -0.3 is 15.2 Å². The van der Waals surface area contributed by atoms with Gasteiger partial charge in [-0.05, 0) is 30.4 Å². The summed E-state index contributed by atoms with van der Waals surface area (Å²) in [6, 6.07) is 6.15. The second kappa shape index (κ2) is 6.50. The van der Waals surface area contributed by atoms with Gasteiger partial charge >= 0.3 is 0 Å². The third-order valence-corrected chi connectivity index (χ3v) is 3.10. The average Bonchev–Trinajstić information content (AvgIpc) is 2.35. The second-order valence-corrected chi connectivity index (χ2v) is 4.62. The summed E-state index contributed by atoms with van der Waals surface area (Å²) in [6.45, 7) is 4.30. The van der Waals surface area contributed by atoms with Crippen molar-refractivity contribution in [3.8, 4) is 11.5 Å². The molecule has 2 N–H and O–H groups in total. The van der Waals surface area contributed by atoms with Crippen molar-refractivity contribution in [1.82, 2.24) is 0 Å². The van der Waals surface area contributed by atoms with E-state index in [1.165, 1.54) is 5.56 Å². The maximum atomic E-state index is 6.05. The molecule has 1 aromatic carbocycles. The number of rotatable bonds is 6. The fraction of sp³-hybridized carbons (Fsp3) is 0.571. The third-order valence-electron chi connectivity index (χ3n) is 3.10. The van der Waals surface area contributed by atoms with Gasteiger partial charge in [0.05, 0.1) is 14.2 Å². The zero-order valence-electron chi connectivity index (χ0n) is 11.2. The van der Waals surface area contributed by atoms with E-state index >= 15 is 0 Å². The van der Waals surface area contributed by atoms with Crippen LogP contribution in [0.1, 0.15) is 25.8 Å². The Morgan fingerprint density at radius 3 is 2.41 bits per heavy atom. The normalized spacial score (nSPS) is 12.6. The van der Waals surface area contributed by atoms with Gasteiger partial charge in [0.2, 0.25) is 0 Å². The molecule has 0 bridgehead atoms. The van der Waals surface area contributed by atoms with E-state index in [2.05, 4.69) is 13.8 Å². The molecule has 0 saturated carbocycles. The minimum absolute atomic E-state index is 0.238. The Hall–Kier alpha value is -1.22. The van der Waals surface area contributed by atoms with E-state index in [-0.39, 0.29) is 6.04 Å². The van der Waals surface area contributed by atoms with Gasteiger partial charge in [0.15, 0.2) is 0 Å². The summed E-state index contributed by atoms with van der Waals surface area (Å²) in [7, 11) is 3.34. The van der Waals surface area contributed by atoms with Crippen molar-refractivity contribution < 1.29 is 9.47 Å². The number of ether oxygens (including phenoxy) is 2. The van der Waals surface area contributed by atoms with Crippen LogP contribution in [0.2, 0.25) is 0 Å². The number of nitrogens with two attached hydrogens (primary N) is 1. The van der Waals surface area contributed by atoms with Gasteiger partial charge in [0.1, 0.15) is 11.5 Å². The SMILES string of the molecule is COc1ccc(CCC(N)C(C)C)c(OC)c1. The van der Waals surface area contributed by atoms with E-state index < -0.39 is 0 Å². The van der Waals surface area contributed by atoms with Crippen LogP contribution >= 0.6 is 0 Å². The number of aryl methyl sites for hydroxylation is 1. The molecule has 0 aliphatic rings. The van der Waals surface area contributed by atoms with Gasteiger partial charge in [-0.1, -0.05) is 19.9 Å². The van der Waals surface area contributed by atoms with Gasteiger partial charge in [-0.25, -0.2) is 0 Å². The van der Waals surface area contributed by atoms with Gasteiger partial charge in [-0.3, -0.25) is 0 Å². The summed E-state index contributed by atoms with van der Waals surface area (Å²) in [4.78, 5) is 0. The van der Waals surface area contributed by atoms with Crippen LogP contribution in [0, 0.1) is 5.92 Å². The minimum atomic E-state index is 0.238. The van der Waals surface area contributed by atoms with Crippen LogP contribution in [0.15, 0.2) is 18.2 Å². The van der Waals surface area contributed by atoms with E-state index in [0.29, 0.717) is 5.92 Å². The van der Waals surface area contributed by atoms with Crippen LogP contribution in [-0.4, -0.2) is 20.3 Å². The molecular formula is C14H23NO2. The fourth-order valence-electron chi connectivity index (χ4n) is 1.71. The van der Waals surface area contributed by atoms with E-state index in [1.807, 2.05) is 18.2 Å². The maximum Gasteiger partial charge on any atom is 0.125 e. The van der Waals surface area contributed by atoms with Crippen LogP contribution in [-0.2, 0) is 6.42 Å². The summed E-state index contributed by atoms with van der Waals surface area (Å²) in [6.07, 6.45) is 1.91. The number of hydrogen-bond donors (Lipinski definition) is 1. The molecule has 1 unspecified atom stereocenters. The van der Waals surface area contributed by atoms with Crippen molar-refractivity contribution in [2.45, 2.75) is 32.7 Å². The van der Waals surface area contributed by atoms with Gasteiger partial charge in [0.25, 0.3) is 0 Å². The molecule has 0 radical (unpaired) electrons. The molecule has 0 spiro atoms. The summed E-state index contributed by atoms with van der Waals surface area (Å²) >= 11 is 0. The molecule has 0 saturated heterocycles. The second-order valence-electron chi connectivity index (χ2n) is 4.62. The van der Waals surface area contributed by atoms with Crippen LogP contribution in [0.5, 0.6) is 11.5 Å². The summed E-state index contributed by atoms with van der Waals surface area (Å²) < 4.78 is 10.5. The molecule has 0 aromatic heterocycles. The molecular weight excluding hydrogens is 214 g/mol. The van der Waals surface area contributed by atoms with Crippen LogP contribution in [0.3, 0.4) is 0 Å². The Bertz CT molecular complexity index is 350. The molecule has 1 rings (SSSR count). The van der Waals surface area contributed by atoms with Crippen LogP contribution in [0.4, 0.5) is 0 Å². The molecule has 17 heavy (non-hydrogen) atoms. The lowest BCUT2D eigenvalue weighted by atomic mass is 9.97. The Morgan fingerprint density at radius 2 is 1.88 bits per heavy atom. The first-order valence-corrected chi connectivity index (χ1v) is 6.05. The van der Waals surface area contributed by atoms with E-state index in [0.717, 1.165) is 24.3 Å². The van der Waals surface area contributed by atoms with Crippen molar-refractivity contribution in [3.05, 3.63) is 23.8 Å². The Balaban J connectivity index is 2.70. The van der Waals surface area contributed by atoms with Crippen molar-refractivity contribution in [1.29, 1.82) is 0 Å². The highest BCUT2D eigenvalue weighted by molar-refractivity contribution is 5.40. The minimum Gasteiger partial charge on any atom is -0.497 e. The molecule has 0 aliphatic heterocycles. The van der Waals surface area contributed by atoms with E-state index in [1.54, 1.807) is 14.2 Å². The molecule has 1 atom stereocenters. The highest BCUT2D eigenvalue weighted by Crippen LogP contribution is 2.26. The highest BCUT2D eigenvalue weighted by Gasteiger charge is 2.10. The topological polar surface area (TPSA) is 44.5 Å². The first-order chi connectivity index (χ1) is 8.08. The number of benzene rings is 1. The lowest BCUT2D eigenvalue weighted by Crippen LogP contribution is -2.26. The monoisotopic (exact) mass is 237 g/mol. The Labute approximate surface area is 104 Å². The highest BCUT2D eigenvalue weighted by atomic mass is 16.5. The predicted molar refractivity (Wildman–Crippen MR) is 70.7 cm³/mol. The molecule has 3 nitrogen and oxygen atoms in total.